The summed E-state index contributed by atoms with van der Waals surface area (Å²) >= 11 is 0. The molecule has 0 unspecified atom stereocenters. The average molecular weight is 285 g/mol. The van der Waals surface area contributed by atoms with E-state index in [-0.39, 0.29) is 5.91 Å². The highest BCUT2D eigenvalue weighted by Crippen LogP contribution is 2.31. The van der Waals surface area contributed by atoms with E-state index in [1.807, 2.05) is 24.3 Å². The number of amides is 1. The van der Waals surface area contributed by atoms with Crippen LogP contribution in [0.25, 0.3) is 5.69 Å². The second kappa shape index (κ2) is 6.03. The molecule has 2 bridgehead atoms. The van der Waals surface area contributed by atoms with Gasteiger partial charge in [0.1, 0.15) is 0 Å². The van der Waals surface area contributed by atoms with Crippen molar-refractivity contribution < 1.29 is 4.79 Å². The second-order valence-electron chi connectivity index (χ2n) is 5.30. The molecule has 6 heteroatoms. The van der Waals surface area contributed by atoms with Crippen molar-refractivity contribution in [3.05, 3.63) is 24.3 Å². The summed E-state index contributed by atoms with van der Waals surface area (Å²) in [5, 5.41) is 11.6. The molecule has 21 heavy (non-hydrogen) atoms. The minimum Gasteiger partial charge on any atom is -0.274 e. The monoisotopic (exact) mass is 285 g/mol. The number of unbranched alkanes of at least 4 members (excludes halogenated alkanes) is 4. The molecular weight excluding hydrogens is 266 g/mol. The predicted octanol–water partition coefficient (Wildman–Crippen LogP) is 3.00. The Bertz CT molecular complexity index is 619. The van der Waals surface area contributed by atoms with Gasteiger partial charge in [-0.05, 0) is 41.1 Å². The topological polar surface area (TPSA) is 63.9 Å². The number of carbonyl (C=O) groups is 1. The first-order valence-electron chi connectivity index (χ1n) is 7.53. The summed E-state index contributed by atoms with van der Waals surface area (Å²) in [6.45, 7) is 2.19. The van der Waals surface area contributed by atoms with Crippen molar-refractivity contribution in [3.8, 4) is 5.69 Å². The first-order valence-corrected chi connectivity index (χ1v) is 7.53. The number of hydrogen-bond donors (Lipinski definition) is 0. The SMILES string of the molecule is CCCCCCCC(=O)N1c2ccc(cc2)-n2nnnc21. The Morgan fingerprint density at radius 3 is 2.52 bits per heavy atom. The lowest BCUT2D eigenvalue weighted by atomic mass is 10.1. The van der Waals surface area contributed by atoms with Gasteiger partial charge < -0.3 is 0 Å². The maximum absolute atomic E-state index is 12.6. The summed E-state index contributed by atoms with van der Waals surface area (Å²) in [4.78, 5) is 14.2. The van der Waals surface area contributed by atoms with Gasteiger partial charge in [-0.25, -0.2) is 4.90 Å². The molecule has 0 N–H and O–H groups in total. The van der Waals surface area contributed by atoms with Crippen molar-refractivity contribution in [3.63, 3.8) is 0 Å². The van der Waals surface area contributed by atoms with E-state index in [0.717, 1.165) is 24.2 Å². The second-order valence-corrected chi connectivity index (χ2v) is 5.30. The van der Waals surface area contributed by atoms with Crippen molar-refractivity contribution in [1.82, 2.24) is 20.2 Å². The lowest BCUT2D eigenvalue weighted by Crippen LogP contribution is -2.27. The Kier molecular flexibility index (Phi) is 3.94. The highest BCUT2D eigenvalue weighted by molar-refractivity contribution is 5.99. The van der Waals surface area contributed by atoms with Crippen LogP contribution in [0.3, 0.4) is 0 Å². The Hall–Kier alpha value is -2.24. The molecule has 110 valence electrons. The molecule has 0 saturated heterocycles. The van der Waals surface area contributed by atoms with Gasteiger partial charge in [-0.3, -0.25) is 4.79 Å². The van der Waals surface area contributed by atoms with Crippen LogP contribution < -0.4 is 4.90 Å². The summed E-state index contributed by atoms with van der Waals surface area (Å²) in [5.41, 5.74) is 1.70. The third-order valence-electron chi connectivity index (χ3n) is 3.75. The van der Waals surface area contributed by atoms with Gasteiger partial charge in [0.25, 0.3) is 5.95 Å². The van der Waals surface area contributed by atoms with Gasteiger partial charge in [0.05, 0.1) is 11.4 Å². The number of hydrogen-bond acceptors (Lipinski definition) is 4. The molecule has 0 radical (unpaired) electrons. The fraction of sp³-hybridized carbons (Fsp3) is 0.467. The molecule has 2 aromatic rings. The zero-order chi connectivity index (χ0) is 14.7. The van der Waals surface area contributed by atoms with Crippen LogP contribution in [0.1, 0.15) is 45.4 Å². The normalized spacial score (nSPS) is 12.3. The van der Waals surface area contributed by atoms with E-state index in [0.29, 0.717) is 12.4 Å². The van der Waals surface area contributed by atoms with Gasteiger partial charge in [-0.1, -0.05) is 37.7 Å². The number of rotatable bonds is 6. The lowest BCUT2D eigenvalue weighted by Gasteiger charge is -2.18. The third kappa shape index (κ3) is 2.66. The molecule has 6 nitrogen and oxygen atoms in total. The molecule has 0 aliphatic carbocycles. The minimum absolute atomic E-state index is 0.0509. The van der Waals surface area contributed by atoms with Gasteiger partial charge in [-0.2, -0.15) is 4.68 Å². The van der Waals surface area contributed by atoms with Crippen LogP contribution in [0.15, 0.2) is 24.3 Å². The van der Waals surface area contributed by atoms with Crippen molar-refractivity contribution in [2.24, 2.45) is 0 Å². The van der Waals surface area contributed by atoms with Gasteiger partial charge >= 0.3 is 0 Å². The number of nitrogens with zero attached hydrogens (tertiary/aromatic N) is 5. The van der Waals surface area contributed by atoms with Crippen molar-refractivity contribution in [2.45, 2.75) is 45.4 Å². The zero-order valence-corrected chi connectivity index (χ0v) is 12.2. The van der Waals surface area contributed by atoms with E-state index in [2.05, 4.69) is 22.4 Å². The van der Waals surface area contributed by atoms with Crippen LogP contribution >= 0.6 is 0 Å². The summed E-state index contributed by atoms with van der Waals surface area (Å²) in [7, 11) is 0. The van der Waals surface area contributed by atoms with Gasteiger partial charge in [0, 0.05) is 6.42 Å². The van der Waals surface area contributed by atoms with Crippen LogP contribution in [0.4, 0.5) is 11.6 Å². The first-order chi connectivity index (χ1) is 10.3. The van der Waals surface area contributed by atoms with Gasteiger partial charge in [-0.15, -0.1) is 0 Å². The molecule has 1 amide bonds. The quantitative estimate of drug-likeness (QED) is 0.765. The van der Waals surface area contributed by atoms with E-state index in [4.69, 9.17) is 0 Å². The molecule has 4 rings (SSSR count). The fourth-order valence-corrected chi connectivity index (χ4v) is 2.59. The number of tetrazole rings is 1. The molecule has 2 aliphatic heterocycles. The molecule has 2 aliphatic rings. The molecule has 0 saturated carbocycles. The zero-order valence-electron chi connectivity index (χ0n) is 12.2. The highest BCUT2D eigenvalue weighted by atomic mass is 16.2. The Balaban J connectivity index is 1.73. The van der Waals surface area contributed by atoms with Crippen molar-refractivity contribution in [1.29, 1.82) is 0 Å². The molecule has 1 aromatic heterocycles. The highest BCUT2D eigenvalue weighted by Gasteiger charge is 2.26. The van der Waals surface area contributed by atoms with Crippen LogP contribution in [0, 0.1) is 0 Å². The Morgan fingerprint density at radius 1 is 1.05 bits per heavy atom. The van der Waals surface area contributed by atoms with Crippen LogP contribution in [0.5, 0.6) is 0 Å². The smallest absolute Gasteiger partial charge is 0.261 e. The Labute approximate surface area is 123 Å². The fourth-order valence-electron chi connectivity index (χ4n) is 2.59. The molecule has 0 atom stereocenters. The maximum Gasteiger partial charge on any atom is 0.261 e. The molecule has 3 heterocycles. The van der Waals surface area contributed by atoms with Crippen LogP contribution in [0.2, 0.25) is 0 Å². The number of aromatic nitrogens is 4. The summed E-state index contributed by atoms with van der Waals surface area (Å²) in [5.74, 6) is 0.531. The first kappa shape index (κ1) is 13.7. The van der Waals surface area contributed by atoms with E-state index < -0.39 is 0 Å². The Morgan fingerprint density at radius 2 is 1.76 bits per heavy atom. The summed E-state index contributed by atoms with van der Waals surface area (Å²) < 4.78 is 1.60. The predicted molar refractivity (Wildman–Crippen MR) is 79.7 cm³/mol. The number of anilines is 2. The van der Waals surface area contributed by atoms with E-state index in [1.165, 1.54) is 19.3 Å². The number of benzene rings is 1. The molecule has 0 spiro atoms. The van der Waals surface area contributed by atoms with Gasteiger partial charge in [0.2, 0.25) is 5.91 Å². The number of fused-ring (bicyclic) bond motifs is 2. The molecular formula is C15H19N5O. The standard InChI is InChI=1S/C15H19N5O/c1-2-3-4-5-6-7-14(21)19-12-8-10-13(11-9-12)20-15(19)16-17-18-20/h8-11H,2-7H2,1H3. The number of carbonyl (C=O) groups excluding carboxylic acids is 1. The van der Waals surface area contributed by atoms with E-state index in [1.54, 1.807) is 9.58 Å². The van der Waals surface area contributed by atoms with Crippen LogP contribution in [-0.4, -0.2) is 26.1 Å². The average Bonchev–Trinajstić information content (AvgIpc) is 2.87. The van der Waals surface area contributed by atoms with E-state index >= 15 is 0 Å². The van der Waals surface area contributed by atoms with Crippen LogP contribution in [-0.2, 0) is 4.79 Å². The summed E-state index contributed by atoms with van der Waals surface area (Å²) in [6, 6.07) is 7.68. The molecule has 0 fully saturated rings. The third-order valence-corrected chi connectivity index (χ3v) is 3.75. The minimum atomic E-state index is 0.0509. The van der Waals surface area contributed by atoms with Crippen molar-refractivity contribution in [2.75, 3.05) is 4.90 Å². The molecule has 1 aromatic carbocycles. The van der Waals surface area contributed by atoms with E-state index in [9.17, 15) is 4.79 Å². The largest absolute Gasteiger partial charge is 0.274 e. The van der Waals surface area contributed by atoms with Gasteiger partial charge in [0.15, 0.2) is 0 Å². The summed E-state index contributed by atoms with van der Waals surface area (Å²) in [6.07, 6.45) is 6.16. The van der Waals surface area contributed by atoms with Crippen molar-refractivity contribution >= 4 is 17.5 Å². The maximum atomic E-state index is 12.6. The lowest BCUT2D eigenvalue weighted by molar-refractivity contribution is -0.118.